The topological polar surface area (TPSA) is 96.1 Å². The van der Waals surface area contributed by atoms with Crippen LogP contribution >= 0.6 is 0 Å². The summed E-state index contributed by atoms with van der Waals surface area (Å²) in [4.78, 5) is 5.93. The molecule has 0 bridgehead atoms. The van der Waals surface area contributed by atoms with E-state index in [0.717, 1.165) is 5.39 Å². The van der Waals surface area contributed by atoms with Gasteiger partial charge in [0.2, 0.25) is 0 Å². The number of fused-ring (bicyclic) bond motifs is 2. The average molecular weight is 437 g/mol. The second-order valence-corrected chi connectivity index (χ2v) is 7.92. The van der Waals surface area contributed by atoms with Crippen LogP contribution in [0.15, 0.2) is 48.7 Å². The van der Waals surface area contributed by atoms with Crippen molar-refractivity contribution in [3.05, 3.63) is 59.8 Å². The molecule has 0 saturated carbocycles. The van der Waals surface area contributed by atoms with Gasteiger partial charge in [0.05, 0.1) is 17.1 Å². The summed E-state index contributed by atoms with van der Waals surface area (Å²) in [6.45, 7) is 0.469. The standard InChI is InChI=1S/C22H18F3N7/c23-22(24,25)20(31-8-7-16(27)12-31)15-4-6-19-29-30-21(32(19)11-15)17-5-3-14-2-1-13(10-26)9-18(14)28-17/h1-6,9,11,16,20H,7-8,12,27H2/t16-,20+/m0/s1. The number of rotatable bonds is 3. The Kier molecular flexibility index (Phi) is 4.80. The number of nitrogens with two attached hydrogens (primary N) is 1. The van der Waals surface area contributed by atoms with Gasteiger partial charge in [-0.2, -0.15) is 18.4 Å². The van der Waals surface area contributed by atoms with Crippen LogP contribution in [0.25, 0.3) is 28.1 Å². The molecule has 2 atom stereocenters. The van der Waals surface area contributed by atoms with Crippen LogP contribution in [0.5, 0.6) is 0 Å². The van der Waals surface area contributed by atoms with Gasteiger partial charge in [0, 0.05) is 30.7 Å². The van der Waals surface area contributed by atoms with Gasteiger partial charge in [0.25, 0.3) is 0 Å². The maximum atomic E-state index is 14.0. The molecule has 162 valence electrons. The van der Waals surface area contributed by atoms with Crippen LogP contribution in [-0.2, 0) is 0 Å². The zero-order valence-electron chi connectivity index (χ0n) is 16.8. The summed E-state index contributed by atoms with van der Waals surface area (Å²) in [5.41, 5.74) is 7.87. The molecule has 0 radical (unpaired) electrons. The van der Waals surface area contributed by atoms with Crippen molar-refractivity contribution in [3.63, 3.8) is 0 Å². The highest BCUT2D eigenvalue weighted by molar-refractivity contribution is 5.82. The van der Waals surface area contributed by atoms with Crippen molar-refractivity contribution in [1.82, 2.24) is 24.5 Å². The molecule has 1 fully saturated rings. The first-order valence-electron chi connectivity index (χ1n) is 10.1. The van der Waals surface area contributed by atoms with Crippen LogP contribution in [-0.4, -0.2) is 49.8 Å². The second kappa shape index (κ2) is 7.55. The van der Waals surface area contributed by atoms with E-state index >= 15 is 0 Å². The summed E-state index contributed by atoms with van der Waals surface area (Å²) in [5, 5.41) is 18.2. The van der Waals surface area contributed by atoms with Crippen molar-refractivity contribution in [2.75, 3.05) is 13.1 Å². The fourth-order valence-corrected chi connectivity index (χ4v) is 4.21. The van der Waals surface area contributed by atoms with Crippen molar-refractivity contribution in [3.8, 4) is 17.6 Å². The van der Waals surface area contributed by atoms with Crippen LogP contribution in [0.3, 0.4) is 0 Å². The van der Waals surface area contributed by atoms with Crippen molar-refractivity contribution >= 4 is 16.6 Å². The first-order chi connectivity index (χ1) is 15.3. The van der Waals surface area contributed by atoms with E-state index in [2.05, 4.69) is 21.3 Å². The van der Waals surface area contributed by atoms with Crippen LogP contribution in [0.4, 0.5) is 13.2 Å². The SMILES string of the molecule is N#Cc1ccc2ccc(-c3nnc4ccc([C@@H](N5CC[C@H](N)C5)C(F)(F)F)cn34)nc2c1. The van der Waals surface area contributed by atoms with E-state index in [1.807, 2.05) is 6.07 Å². The molecule has 0 unspecified atom stereocenters. The molecule has 1 saturated heterocycles. The third-order valence-corrected chi connectivity index (χ3v) is 5.72. The number of halogens is 3. The summed E-state index contributed by atoms with van der Waals surface area (Å²) >= 11 is 0. The number of hydrogen-bond donors (Lipinski definition) is 1. The Balaban J connectivity index is 1.61. The van der Waals surface area contributed by atoms with Crippen molar-refractivity contribution < 1.29 is 13.2 Å². The van der Waals surface area contributed by atoms with Crippen LogP contribution < -0.4 is 5.73 Å². The molecule has 10 heteroatoms. The van der Waals surface area contributed by atoms with E-state index in [1.54, 1.807) is 24.3 Å². The number of aromatic nitrogens is 4. The molecule has 0 spiro atoms. The largest absolute Gasteiger partial charge is 0.408 e. The van der Waals surface area contributed by atoms with Gasteiger partial charge in [-0.3, -0.25) is 9.30 Å². The Bertz CT molecular complexity index is 1360. The Morgan fingerprint density at radius 1 is 1.12 bits per heavy atom. The van der Waals surface area contributed by atoms with E-state index in [0.29, 0.717) is 34.7 Å². The first-order valence-corrected chi connectivity index (χ1v) is 10.1. The van der Waals surface area contributed by atoms with E-state index in [-0.39, 0.29) is 24.7 Å². The van der Waals surface area contributed by atoms with E-state index in [4.69, 9.17) is 11.0 Å². The predicted molar refractivity (Wildman–Crippen MR) is 111 cm³/mol. The van der Waals surface area contributed by atoms with Gasteiger partial charge < -0.3 is 5.73 Å². The van der Waals surface area contributed by atoms with Crippen molar-refractivity contribution in [1.29, 1.82) is 5.26 Å². The molecule has 32 heavy (non-hydrogen) atoms. The van der Waals surface area contributed by atoms with Gasteiger partial charge >= 0.3 is 6.18 Å². The predicted octanol–water partition coefficient (Wildman–Crippen LogP) is 3.45. The fraction of sp³-hybridized carbons (Fsp3) is 0.273. The number of hydrogen-bond acceptors (Lipinski definition) is 6. The summed E-state index contributed by atoms with van der Waals surface area (Å²) in [5.74, 6) is 0.324. The van der Waals surface area contributed by atoms with Gasteiger partial charge in [0.1, 0.15) is 11.7 Å². The van der Waals surface area contributed by atoms with Crippen LogP contribution in [0.1, 0.15) is 23.6 Å². The third-order valence-electron chi connectivity index (χ3n) is 5.72. The maximum absolute atomic E-state index is 14.0. The number of alkyl halides is 3. The van der Waals surface area contributed by atoms with E-state index < -0.39 is 12.2 Å². The molecule has 4 aromatic rings. The number of benzene rings is 1. The van der Waals surface area contributed by atoms with E-state index in [9.17, 15) is 13.2 Å². The monoisotopic (exact) mass is 437 g/mol. The quantitative estimate of drug-likeness (QED) is 0.527. The Morgan fingerprint density at radius 3 is 2.66 bits per heavy atom. The molecule has 2 N–H and O–H groups in total. The lowest BCUT2D eigenvalue weighted by Crippen LogP contribution is -2.38. The van der Waals surface area contributed by atoms with Gasteiger partial charge in [-0.05, 0) is 36.2 Å². The van der Waals surface area contributed by atoms with Gasteiger partial charge in [-0.25, -0.2) is 4.98 Å². The number of pyridine rings is 2. The number of nitriles is 1. The van der Waals surface area contributed by atoms with Gasteiger partial charge in [-0.1, -0.05) is 18.2 Å². The molecule has 0 amide bonds. The first kappa shape index (κ1) is 20.4. The fourth-order valence-electron chi connectivity index (χ4n) is 4.21. The highest BCUT2D eigenvalue weighted by Crippen LogP contribution is 2.39. The summed E-state index contributed by atoms with van der Waals surface area (Å²) in [6, 6.07) is 11.7. The highest BCUT2D eigenvalue weighted by Gasteiger charge is 2.46. The Morgan fingerprint density at radius 2 is 1.94 bits per heavy atom. The molecule has 0 aliphatic carbocycles. The van der Waals surface area contributed by atoms with E-state index in [1.165, 1.54) is 27.6 Å². The minimum Gasteiger partial charge on any atom is -0.326 e. The van der Waals surface area contributed by atoms with Gasteiger partial charge in [0.15, 0.2) is 11.5 Å². The summed E-state index contributed by atoms with van der Waals surface area (Å²) in [7, 11) is 0. The lowest BCUT2D eigenvalue weighted by Gasteiger charge is -2.30. The molecule has 5 rings (SSSR count). The Labute approximate surface area is 180 Å². The summed E-state index contributed by atoms with van der Waals surface area (Å²) < 4.78 is 43.6. The normalized spacial score (nSPS) is 18.3. The third kappa shape index (κ3) is 3.55. The molecule has 1 aromatic carbocycles. The molecule has 4 heterocycles. The lowest BCUT2D eigenvalue weighted by atomic mass is 10.1. The average Bonchev–Trinajstić information content (AvgIpc) is 3.38. The number of nitrogens with zero attached hydrogens (tertiary/aromatic N) is 6. The van der Waals surface area contributed by atoms with Gasteiger partial charge in [-0.15, -0.1) is 10.2 Å². The number of likely N-dealkylation sites (tertiary alicyclic amines) is 1. The molecular formula is C22H18F3N7. The minimum atomic E-state index is -4.46. The zero-order chi connectivity index (χ0) is 22.5. The zero-order valence-corrected chi connectivity index (χ0v) is 16.8. The van der Waals surface area contributed by atoms with Crippen molar-refractivity contribution in [2.24, 2.45) is 5.73 Å². The lowest BCUT2D eigenvalue weighted by molar-refractivity contribution is -0.183. The van der Waals surface area contributed by atoms with Crippen LogP contribution in [0, 0.1) is 11.3 Å². The summed E-state index contributed by atoms with van der Waals surface area (Å²) in [6.07, 6.45) is -2.51. The highest BCUT2D eigenvalue weighted by atomic mass is 19.4. The second-order valence-electron chi connectivity index (χ2n) is 7.92. The smallest absolute Gasteiger partial charge is 0.326 e. The maximum Gasteiger partial charge on any atom is 0.408 e. The van der Waals surface area contributed by atoms with Crippen LogP contribution in [0.2, 0.25) is 0 Å². The molecule has 3 aromatic heterocycles. The molecular weight excluding hydrogens is 419 g/mol. The molecule has 1 aliphatic heterocycles. The minimum absolute atomic E-state index is 0.0905. The molecule has 7 nitrogen and oxygen atoms in total. The van der Waals surface area contributed by atoms with Crippen molar-refractivity contribution in [2.45, 2.75) is 24.7 Å². The Hall–Kier alpha value is -3.55. The molecule has 1 aliphatic rings.